The highest BCUT2D eigenvalue weighted by Gasteiger charge is 2.32. The quantitative estimate of drug-likeness (QED) is 0.927. The van der Waals surface area contributed by atoms with Crippen molar-refractivity contribution in [1.82, 2.24) is 10.2 Å². The molecular weight excluding hydrogens is 272 g/mol. The zero-order valence-corrected chi connectivity index (χ0v) is 13.1. The van der Waals surface area contributed by atoms with Crippen LogP contribution in [0.1, 0.15) is 25.0 Å². The summed E-state index contributed by atoms with van der Waals surface area (Å²) in [6, 6.07) is 4.13. The lowest BCUT2D eigenvalue weighted by atomic mass is 9.99. The van der Waals surface area contributed by atoms with Crippen LogP contribution in [0.15, 0.2) is 12.1 Å². The van der Waals surface area contributed by atoms with Crippen LogP contribution in [0.4, 0.5) is 0 Å². The third-order valence-electron chi connectivity index (χ3n) is 4.11. The van der Waals surface area contributed by atoms with Crippen LogP contribution in [0.3, 0.4) is 0 Å². The van der Waals surface area contributed by atoms with Crippen LogP contribution in [0, 0.1) is 0 Å². The maximum Gasteiger partial charge on any atom is 0.126 e. The molecule has 20 heavy (non-hydrogen) atoms. The first kappa shape index (κ1) is 14.2. The number of benzene rings is 1. The van der Waals surface area contributed by atoms with Crippen LogP contribution >= 0.6 is 11.6 Å². The SMILES string of the molecule is CC1(C)Cc2cc(Cl)cc(CCN3CCNCC3)c2O1. The Morgan fingerprint density at radius 2 is 2.05 bits per heavy atom. The summed E-state index contributed by atoms with van der Waals surface area (Å²) >= 11 is 6.26. The zero-order valence-electron chi connectivity index (χ0n) is 12.3. The Balaban J connectivity index is 1.73. The van der Waals surface area contributed by atoms with Gasteiger partial charge in [-0.1, -0.05) is 11.6 Å². The normalized spacial score (nSPS) is 21.6. The molecule has 0 saturated carbocycles. The number of hydrogen-bond acceptors (Lipinski definition) is 3. The van der Waals surface area contributed by atoms with E-state index in [0.717, 1.165) is 56.3 Å². The smallest absolute Gasteiger partial charge is 0.126 e. The van der Waals surface area contributed by atoms with E-state index in [1.165, 1.54) is 11.1 Å². The van der Waals surface area contributed by atoms with Gasteiger partial charge in [0.05, 0.1) is 0 Å². The van der Waals surface area contributed by atoms with Gasteiger partial charge in [0, 0.05) is 44.2 Å². The zero-order chi connectivity index (χ0) is 14.2. The standard InChI is InChI=1S/C16H23ClN2O/c1-16(2)11-13-10-14(17)9-12(15(13)20-16)3-6-19-7-4-18-5-8-19/h9-10,18H,3-8,11H2,1-2H3. The molecule has 0 aromatic heterocycles. The van der Waals surface area contributed by atoms with E-state index in [2.05, 4.69) is 36.2 Å². The highest BCUT2D eigenvalue weighted by Crippen LogP contribution is 2.39. The van der Waals surface area contributed by atoms with Gasteiger partial charge in [-0.15, -0.1) is 0 Å². The predicted molar refractivity (Wildman–Crippen MR) is 82.9 cm³/mol. The minimum Gasteiger partial charge on any atom is -0.487 e. The summed E-state index contributed by atoms with van der Waals surface area (Å²) in [5.74, 6) is 1.08. The fraction of sp³-hybridized carbons (Fsp3) is 0.625. The molecule has 1 aromatic carbocycles. The van der Waals surface area contributed by atoms with E-state index in [-0.39, 0.29) is 5.60 Å². The van der Waals surface area contributed by atoms with Crippen molar-refractivity contribution in [3.8, 4) is 5.75 Å². The van der Waals surface area contributed by atoms with Gasteiger partial charge in [-0.25, -0.2) is 0 Å². The molecule has 3 rings (SSSR count). The highest BCUT2D eigenvalue weighted by molar-refractivity contribution is 6.30. The second-order valence-corrected chi connectivity index (χ2v) is 6.87. The third-order valence-corrected chi connectivity index (χ3v) is 4.33. The molecule has 0 radical (unpaired) electrons. The lowest BCUT2D eigenvalue weighted by Gasteiger charge is -2.27. The van der Waals surface area contributed by atoms with Gasteiger partial charge in [0.15, 0.2) is 0 Å². The maximum absolute atomic E-state index is 6.26. The van der Waals surface area contributed by atoms with Gasteiger partial charge in [0.2, 0.25) is 0 Å². The molecule has 1 fully saturated rings. The van der Waals surface area contributed by atoms with Crippen molar-refractivity contribution in [2.75, 3.05) is 32.7 Å². The van der Waals surface area contributed by atoms with E-state index >= 15 is 0 Å². The van der Waals surface area contributed by atoms with Crippen LogP contribution in [-0.2, 0) is 12.8 Å². The van der Waals surface area contributed by atoms with Crippen molar-refractivity contribution >= 4 is 11.6 Å². The average molecular weight is 295 g/mol. The van der Waals surface area contributed by atoms with E-state index in [1.807, 2.05) is 0 Å². The summed E-state index contributed by atoms with van der Waals surface area (Å²) in [6.45, 7) is 9.82. The topological polar surface area (TPSA) is 24.5 Å². The second kappa shape index (κ2) is 5.55. The van der Waals surface area contributed by atoms with Crippen molar-refractivity contribution in [3.63, 3.8) is 0 Å². The molecule has 1 aromatic rings. The van der Waals surface area contributed by atoms with Crippen LogP contribution in [0.2, 0.25) is 5.02 Å². The maximum atomic E-state index is 6.26. The van der Waals surface area contributed by atoms with Gasteiger partial charge < -0.3 is 15.0 Å². The van der Waals surface area contributed by atoms with Crippen LogP contribution in [0.25, 0.3) is 0 Å². The van der Waals surface area contributed by atoms with Crippen molar-refractivity contribution in [2.24, 2.45) is 0 Å². The Morgan fingerprint density at radius 3 is 2.80 bits per heavy atom. The molecule has 2 heterocycles. The molecule has 0 spiro atoms. The Kier molecular flexibility index (Phi) is 3.93. The number of nitrogens with zero attached hydrogens (tertiary/aromatic N) is 1. The highest BCUT2D eigenvalue weighted by atomic mass is 35.5. The molecule has 0 aliphatic carbocycles. The molecule has 1 saturated heterocycles. The first-order valence-corrected chi connectivity index (χ1v) is 7.85. The number of halogens is 1. The minimum absolute atomic E-state index is 0.100. The number of nitrogens with one attached hydrogen (secondary N) is 1. The van der Waals surface area contributed by atoms with Crippen molar-refractivity contribution in [3.05, 3.63) is 28.3 Å². The van der Waals surface area contributed by atoms with Gasteiger partial charge in [-0.2, -0.15) is 0 Å². The molecule has 2 aliphatic rings. The summed E-state index contributed by atoms with van der Waals surface area (Å²) in [5, 5.41) is 4.22. The summed E-state index contributed by atoms with van der Waals surface area (Å²) in [7, 11) is 0. The second-order valence-electron chi connectivity index (χ2n) is 6.43. The fourth-order valence-electron chi connectivity index (χ4n) is 3.14. The van der Waals surface area contributed by atoms with Crippen molar-refractivity contribution in [2.45, 2.75) is 32.3 Å². The summed E-state index contributed by atoms with van der Waals surface area (Å²) in [5.41, 5.74) is 2.42. The number of ether oxygens (including phenoxy) is 1. The van der Waals surface area contributed by atoms with E-state index in [1.54, 1.807) is 0 Å². The Morgan fingerprint density at radius 1 is 1.30 bits per heavy atom. The number of fused-ring (bicyclic) bond motifs is 1. The summed E-state index contributed by atoms with van der Waals surface area (Å²) in [4.78, 5) is 2.50. The largest absolute Gasteiger partial charge is 0.487 e. The van der Waals surface area contributed by atoms with Gasteiger partial charge >= 0.3 is 0 Å². The Bertz CT molecular complexity index is 495. The van der Waals surface area contributed by atoms with E-state index in [4.69, 9.17) is 16.3 Å². The van der Waals surface area contributed by atoms with Crippen LogP contribution in [-0.4, -0.2) is 43.2 Å². The van der Waals surface area contributed by atoms with Crippen LogP contribution in [0.5, 0.6) is 5.75 Å². The Labute approximate surface area is 126 Å². The lowest BCUT2D eigenvalue weighted by Crippen LogP contribution is -2.44. The molecule has 0 bridgehead atoms. The van der Waals surface area contributed by atoms with E-state index in [0.29, 0.717) is 0 Å². The molecule has 0 atom stereocenters. The summed E-state index contributed by atoms with van der Waals surface area (Å²) < 4.78 is 6.13. The first-order valence-electron chi connectivity index (χ1n) is 7.47. The van der Waals surface area contributed by atoms with Crippen molar-refractivity contribution < 1.29 is 4.74 Å². The number of rotatable bonds is 3. The van der Waals surface area contributed by atoms with Gasteiger partial charge in [0.25, 0.3) is 0 Å². The summed E-state index contributed by atoms with van der Waals surface area (Å²) in [6.07, 6.45) is 1.96. The van der Waals surface area contributed by atoms with Gasteiger partial charge in [-0.05, 0) is 43.5 Å². The molecule has 0 amide bonds. The number of hydrogen-bond donors (Lipinski definition) is 1. The average Bonchev–Trinajstić information content (AvgIpc) is 2.71. The molecule has 2 aliphatic heterocycles. The lowest BCUT2D eigenvalue weighted by molar-refractivity contribution is 0.137. The van der Waals surface area contributed by atoms with Crippen molar-refractivity contribution in [1.29, 1.82) is 0 Å². The van der Waals surface area contributed by atoms with Crippen LogP contribution < -0.4 is 10.1 Å². The minimum atomic E-state index is -0.100. The monoisotopic (exact) mass is 294 g/mol. The van der Waals surface area contributed by atoms with E-state index in [9.17, 15) is 0 Å². The van der Waals surface area contributed by atoms with Gasteiger partial charge in [0.1, 0.15) is 11.4 Å². The Hall–Kier alpha value is -0.770. The molecular formula is C16H23ClN2O. The predicted octanol–water partition coefficient (Wildman–Crippen LogP) is 2.50. The van der Waals surface area contributed by atoms with Gasteiger partial charge in [-0.3, -0.25) is 0 Å². The third kappa shape index (κ3) is 3.11. The molecule has 110 valence electrons. The van der Waals surface area contributed by atoms with E-state index < -0.39 is 0 Å². The molecule has 1 N–H and O–H groups in total. The molecule has 3 nitrogen and oxygen atoms in total. The first-order chi connectivity index (χ1) is 9.53. The molecule has 0 unspecified atom stereocenters. The fourth-order valence-corrected chi connectivity index (χ4v) is 3.41. The number of piperazine rings is 1. The molecule has 4 heteroatoms.